The summed E-state index contributed by atoms with van der Waals surface area (Å²) >= 11 is 0. The number of carbonyl (C=O) groups excluding carboxylic acids is 2. The van der Waals surface area contributed by atoms with E-state index in [2.05, 4.69) is 30.2 Å². The lowest BCUT2D eigenvalue weighted by Gasteiger charge is -2.19. The number of nitrogens with one attached hydrogen (secondary N) is 1. The van der Waals surface area contributed by atoms with E-state index in [-0.39, 0.29) is 30.0 Å². The van der Waals surface area contributed by atoms with Crippen LogP contribution in [0.25, 0.3) is 46.3 Å². The first-order chi connectivity index (χ1) is 22.1. The van der Waals surface area contributed by atoms with Crippen LogP contribution in [0.5, 0.6) is 0 Å². The summed E-state index contributed by atoms with van der Waals surface area (Å²) in [5, 5.41) is 2.73. The summed E-state index contributed by atoms with van der Waals surface area (Å²) in [6.07, 6.45) is 4.68. The molecule has 1 amide bonds. The molecule has 46 heavy (non-hydrogen) atoms. The Morgan fingerprint density at radius 1 is 0.783 bits per heavy atom. The van der Waals surface area contributed by atoms with E-state index in [9.17, 15) is 9.59 Å². The average Bonchev–Trinajstić information content (AvgIpc) is 3.82. The lowest BCUT2D eigenvalue weighted by molar-refractivity contribution is 0.0511. The van der Waals surface area contributed by atoms with E-state index in [1.54, 1.807) is 45.9 Å². The summed E-state index contributed by atoms with van der Waals surface area (Å²) in [6.45, 7) is 11.6. The number of hydrogen-bond donors (Lipinski definition) is 1. The van der Waals surface area contributed by atoms with Crippen LogP contribution in [0, 0.1) is 0 Å². The van der Waals surface area contributed by atoms with Crippen molar-refractivity contribution in [1.29, 1.82) is 0 Å². The molecule has 0 fully saturated rings. The molecule has 0 spiro atoms. The molecule has 0 aliphatic rings. The van der Waals surface area contributed by atoms with Gasteiger partial charge in [0, 0.05) is 19.4 Å². The maximum Gasteiger partial charge on any atom is 0.407 e. The van der Waals surface area contributed by atoms with Crippen LogP contribution >= 0.6 is 0 Å². The zero-order chi connectivity index (χ0) is 32.8. The van der Waals surface area contributed by atoms with E-state index < -0.39 is 17.7 Å². The van der Waals surface area contributed by atoms with Crippen LogP contribution in [0.3, 0.4) is 0 Å². The molecule has 0 bridgehead atoms. The molecule has 14 heteroatoms. The van der Waals surface area contributed by atoms with Crippen molar-refractivity contribution in [3.8, 4) is 46.3 Å². The standard InChI is InChI=1S/C32H36N6O8/c1-7-11-24-25(30(39)41-9-3)38-29(45-24)22-17-43-27(37-22)20-13-10-12-19(34-20)26-36-21(16-42-26)28-35-18(8-2)23(44-28)14-15-33-31(40)46-32(4,5)6/h10,12-13,16-17H,7-9,11,14-15H2,1-6H3,(H,33,40). The SMILES string of the molecule is CCCc1oc(-c2coc(-c3cccc(-c4nc(-c5nc(CC)c(CCNC(=O)OC(C)(C)C)o5)co4)n3)n2)nc1C(=O)OCC. The van der Waals surface area contributed by atoms with Gasteiger partial charge in [0.2, 0.25) is 23.6 Å². The molecule has 0 saturated carbocycles. The highest BCUT2D eigenvalue weighted by atomic mass is 16.6. The first-order valence-corrected chi connectivity index (χ1v) is 15.1. The van der Waals surface area contributed by atoms with Crippen molar-refractivity contribution in [2.75, 3.05) is 13.2 Å². The quantitative estimate of drug-likeness (QED) is 0.148. The van der Waals surface area contributed by atoms with E-state index in [0.29, 0.717) is 66.0 Å². The lowest BCUT2D eigenvalue weighted by Crippen LogP contribution is -2.33. The number of hydrogen-bond acceptors (Lipinski definition) is 13. The second-order valence-corrected chi connectivity index (χ2v) is 11.2. The van der Waals surface area contributed by atoms with Crippen LogP contribution in [0.2, 0.25) is 0 Å². The third-order valence-electron chi connectivity index (χ3n) is 6.41. The fourth-order valence-corrected chi connectivity index (χ4v) is 4.43. The molecular formula is C32H36N6O8. The van der Waals surface area contributed by atoms with E-state index in [1.807, 2.05) is 13.8 Å². The highest BCUT2D eigenvalue weighted by Gasteiger charge is 2.24. The van der Waals surface area contributed by atoms with E-state index in [0.717, 1.165) is 12.1 Å². The predicted molar refractivity (Wildman–Crippen MR) is 163 cm³/mol. The van der Waals surface area contributed by atoms with E-state index >= 15 is 0 Å². The Morgan fingerprint density at radius 2 is 1.41 bits per heavy atom. The Bertz CT molecular complexity index is 1810. The first kappa shape index (κ1) is 32.1. The van der Waals surface area contributed by atoms with Crippen molar-refractivity contribution >= 4 is 12.1 Å². The molecule has 0 aromatic carbocycles. The number of aryl methyl sites for hydroxylation is 2. The number of carbonyl (C=O) groups is 2. The van der Waals surface area contributed by atoms with Crippen molar-refractivity contribution in [2.45, 2.75) is 72.8 Å². The Balaban J connectivity index is 1.31. The van der Waals surface area contributed by atoms with Crippen LogP contribution in [-0.4, -0.2) is 55.7 Å². The normalized spacial score (nSPS) is 11.5. The van der Waals surface area contributed by atoms with Crippen LogP contribution in [0.15, 0.2) is 48.4 Å². The molecule has 5 heterocycles. The van der Waals surface area contributed by atoms with Gasteiger partial charge in [0.25, 0.3) is 0 Å². The van der Waals surface area contributed by atoms with Gasteiger partial charge in [-0.15, -0.1) is 0 Å². The molecule has 0 radical (unpaired) electrons. The number of oxazole rings is 4. The van der Waals surface area contributed by atoms with Gasteiger partial charge in [-0.2, -0.15) is 0 Å². The Morgan fingerprint density at radius 3 is 2.00 bits per heavy atom. The third-order valence-corrected chi connectivity index (χ3v) is 6.41. The minimum absolute atomic E-state index is 0.129. The fourth-order valence-electron chi connectivity index (χ4n) is 4.43. The molecule has 242 valence electrons. The number of ether oxygens (including phenoxy) is 2. The van der Waals surface area contributed by atoms with Gasteiger partial charge < -0.3 is 32.5 Å². The van der Waals surface area contributed by atoms with Crippen LogP contribution in [0.4, 0.5) is 4.79 Å². The highest BCUT2D eigenvalue weighted by molar-refractivity contribution is 5.89. The number of pyridine rings is 1. The molecule has 0 unspecified atom stereocenters. The first-order valence-electron chi connectivity index (χ1n) is 15.1. The summed E-state index contributed by atoms with van der Waals surface area (Å²) in [5.41, 5.74) is 1.85. The molecule has 1 N–H and O–H groups in total. The Kier molecular flexibility index (Phi) is 9.64. The van der Waals surface area contributed by atoms with Gasteiger partial charge in [0.1, 0.15) is 41.0 Å². The molecule has 0 aliphatic heterocycles. The molecular weight excluding hydrogens is 596 g/mol. The van der Waals surface area contributed by atoms with Gasteiger partial charge in [-0.3, -0.25) is 0 Å². The largest absolute Gasteiger partial charge is 0.461 e. The number of esters is 1. The number of nitrogens with zero attached hydrogens (tertiary/aromatic N) is 5. The van der Waals surface area contributed by atoms with Crippen molar-refractivity contribution in [3.63, 3.8) is 0 Å². The van der Waals surface area contributed by atoms with Crippen molar-refractivity contribution in [2.24, 2.45) is 0 Å². The van der Waals surface area contributed by atoms with Crippen molar-refractivity contribution < 1.29 is 36.7 Å². The Labute approximate surface area is 265 Å². The number of alkyl carbamates (subject to hydrolysis) is 1. The third kappa shape index (κ3) is 7.50. The van der Waals surface area contributed by atoms with Gasteiger partial charge >= 0.3 is 12.1 Å². The van der Waals surface area contributed by atoms with E-state index in [1.165, 1.54) is 12.5 Å². The topological polar surface area (TPSA) is 182 Å². The van der Waals surface area contributed by atoms with Gasteiger partial charge in [-0.1, -0.05) is 19.9 Å². The lowest BCUT2D eigenvalue weighted by atomic mass is 10.2. The zero-order valence-corrected chi connectivity index (χ0v) is 26.6. The summed E-state index contributed by atoms with van der Waals surface area (Å²) in [7, 11) is 0. The molecule has 0 atom stereocenters. The fraction of sp³-hybridized carbons (Fsp3) is 0.406. The molecule has 5 aromatic rings. The zero-order valence-electron chi connectivity index (χ0n) is 26.6. The van der Waals surface area contributed by atoms with E-state index in [4.69, 9.17) is 27.1 Å². The number of rotatable bonds is 12. The van der Waals surface area contributed by atoms with Crippen molar-refractivity contribution in [1.82, 2.24) is 30.2 Å². The molecule has 5 rings (SSSR count). The van der Waals surface area contributed by atoms with Crippen LogP contribution in [-0.2, 0) is 28.7 Å². The summed E-state index contributed by atoms with van der Waals surface area (Å²) in [6, 6.07) is 5.23. The molecule has 5 aromatic heterocycles. The summed E-state index contributed by atoms with van der Waals surface area (Å²) in [4.78, 5) is 46.9. The van der Waals surface area contributed by atoms with Crippen molar-refractivity contribution in [3.05, 3.63) is 53.6 Å². The number of aromatic nitrogens is 5. The highest BCUT2D eigenvalue weighted by Crippen LogP contribution is 2.29. The monoisotopic (exact) mass is 632 g/mol. The van der Waals surface area contributed by atoms with Gasteiger partial charge in [0.05, 0.1) is 12.3 Å². The smallest absolute Gasteiger partial charge is 0.407 e. The van der Waals surface area contributed by atoms with Gasteiger partial charge in [0.15, 0.2) is 17.1 Å². The summed E-state index contributed by atoms with van der Waals surface area (Å²) < 4.78 is 33.7. The summed E-state index contributed by atoms with van der Waals surface area (Å²) in [5.74, 6) is 1.41. The van der Waals surface area contributed by atoms with Crippen LogP contribution in [0.1, 0.15) is 75.7 Å². The van der Waals surface area contributed by atoms with Gasteiger partial charge in [-0.05, 0) is 52.7 Å². The van der Waals surface area contributed by atoms with Crippen LogP contribution < -0.4 is 5.32 Å². The van der Waals surface area contributed by atoms with Gasteiger partial charge in [-0.25, -0.2) is 34.5 Å². The minimum Gasteiger partial charge on any atom is -0.461 e. The Hall–Kier alpha value is -5.27. The molecule has 0 aliphatic carbocycles. The average molecular weight is 633 g/mol. The second-order valence-electron chi connectivity index (χ2n) is 11.2. The predicted octanol–water partition coefficient (Wildman–Crippen LogP) is 6.46. The minimum atomic E-state index is -0.582. The maximum atomic E-state index is 12.4. The molecule has 14 nitrogen and oxygen atoms in total. The second kappa shape index (κ2) is 13.8. The maximum absolute atomic E-state index is 12.4. The number of amides is 1. The molecule has 0 saturated heterocycles.